The van der Waals surface area contributed by atoms with Crippen LogP contribution < -0.4 is 10.6 Å². The summed E-state index contributed by atoms with van der Waals surface area (Å²) in [4.78, 5) is 61.3. The Kier molecular flexibility index (Phi) is 25.1. The zero-order chi connectivity index (χ0) is 40.5. The number of likely N-dealkylation sites (N-methyl/N-ethyl adjacent to an activating group) is 1. The van der Waals surface area contributed by atoms with Crippen molar-refractivity contribution in [2.45, 2.75) is 101 Å². The minimum absolute atomic E-state index is 0.0588. The molecule has 10 nitrogen and oxygen atoms in total. The van der Waals surface area contributed by atoms with E-state index in [4.69, 9.17) is 0 Å². The number of nitrogens with one attached hydrogen (secondary N) is 2. The first-order chi connectivity index (χ1) is 25.0. The highest BCUT2D eigenvalue weighted by Gasteiger charge is 2.22. The predicted molar refractivity (Wildman–Crippen MR) is 216 cm³/mol. The number of benzene rings is 2. The lowest BCUT2D eigenvalue weighted by Gasteiger charge is -2.34. The van der Waals surface area contributed by atoms with Gasteiger partial charge in [0.25, 0.3) is 0 Å². The minimum atomic E-state index is -0.543. The largest absolute Gasteiger partial charge is 0.468 e. The quantitative estimate of drug-likeness (QED) is 0.0997. The zero-order valence-electron chi connectivity index (χ0n) is 34.5. The van der Waals surface area contributed by atoms with Gasteiger partial charge >= 0.3 is 5.97 Å². The van der Waals surface area contributed by atoms with Crippen LogP contribution in [0, 0.1) is 24.7 Å². The van der Waals surface area contributed by atoms with Crippen LogP contribution in [0.5, 0.6) is 0 Å². The van der Waals surface area contributed by atoms with E-state index in [1.807, 2.05) is 75.4 Å². The number of nitrogens with zero attached hydrogens (tertiary/aromatic N) is 2. The number of amides is 3. The average Bonchev–Trinajstić information content (AvgIpc) is 3.14. The molecule has 2 aromatic carbocycles. The van der Waals surface area contributed by atoms with Gasteiger partial charge in [0.15, 0.2) is 5.78 Å². The number of methoxy groups -OCH3 is 1. The van der Waals surface area contributed by atoms with Gasteiger partial charge in [-0.3, -0.25) is 24.0 Å². The number of hydrogen-bond acceptors (Lipinski definition) is 7. The lowest BCUT2D eigenvalue weighted by atomic mass is 10.00. The molecule has 3 rings (SSSR count). The van der Waals surface area contributed by atoms with Crippen molar-refractivity contribution in [1.29, 1.82) is 0 Å². The number of esters is 1. The molecule has 2 aromatic rings. The van der Waals surface area contributed by atoms with Gasteiger partial charge in [-0.1, -0.05) is 121 Å². The highest BCUT2D eigenvalue weighted by molar-refractivity contribution is 6.08. The van der Waals surface area contributed by atoms with Crippen LogP contribution >= 0.6 is 0 Å². The Hall–Kier alpha value is -4.31. The molecule has 10 heteroatoms. The number of rotatable bonds is 13. The van der Waals surface area contributed by atoms with E-state index in [1.54, 1.807) is 20.0 Å². The van der Waals surface area contributed by atoms with Crippen molar-refractivity contribution in [3.05, 3.63) is 82.9 Å². The first-order valence-electron chi connectivity index (χ1n) is 18.8. The lowest BCUT2D eigenvalue weighted by Crippen LogP contribution is -2.43. The number of ether oxygens (including phenoxy) is 1. The third kappa shape index (κ3) is 21.1. The van der Waals surface area contributed by atoms with Gasteiger partial charge in [-0.05, 0) is 64.5 Å². The van der Waals surface area contributed by atoms with Gasteiger partial charge in [0, 0.05) is 29.8 Å². The van der Waals surface area contributed by atoms with Crippen LogP contribution in [-0.2, 0) is 23.9 Å². The van der Waals surface area contributed by atoms with Gasteiger partial charge in [-0.25, -0.2) is 0 Å². The topological polar surface area (TPSA) is 125 Å². The second kappa shape index (κ2) is 27.3. The van der Waals surface area contributed by atoms with Gasteiger partial charge < -0.3 is 25.2 Å². The number of hydrogen-bond donors (Lipinski definition) is 2. The van der Waals surface area contributed by atoms with Crippen molar-refractivity contribution < 1.29 is 28.7 Å². The number of carbonyl (C=O) groups excluding carboxylic acids is 5. The first-order valence-corrected chi connectivity index (χ1v) is 18.8. The second-order valence-corrected chi connectivity index (χ2v) is 14.7. The van der Waals surface area contributed by atoms with E-state index in [0.717, 1.165) is 29.0 Å². The molecule has 0 spiro atoms. The summed E-state index contributed by atoms with van der Waals surface area (Å²) in [5.41, 5.74) is 3.03. The number of piperidine rings is 1. The summed E-state index contributed by atoms with van der Waals surface area (Å²) in [5, 5.41) is 4.75. The van der Waals surface area contributed by atoms with E-state index < -0.39 is 11.9 Å². The number of likely N-dealkylation sites (tertiary alicyclic amines) is 1. The third-order valence-electron chi connectivity index (χ3n) is 8.54. The van der Waals surface area contributed by atoms with E-state index >= 15 is 0 Å². The van der Waals surface area contributed by atoms with E-state index in [-0.39, 0.29) is 36.7 Å². The maximum absolute atomic E-state index is 12.0. The molecule has 0 saturated carbocycles. The first kappa shape index (κ1) is 48.7. The van der Waals surface area contributed by atoms with Gasteiger partial charge in [-0.2, -0.15) is 0 Å². The normalized spacial score (nSPS) is 13.8. The van der Waals surface area contributed by atoms with Crippen molar-refractivity contribution in [3.8, 4) is 0 Å². The number of carbonyl (C=O) groups is 5. The summed E-state index contributed by atoms with van der Waals surface area (Å²) in [6.07, 6.45) is 6.39. The highest BCUT2D eigenvalue weighted by Crippen LogP contribution is 2.17. The molecule has 1 saturated heterocycles. The van der Waals surface area contributed by atoms with Gasteiger partial charge in [0.05, 0.1) is 19.7 Å². The van der Waals surface area contributed by atoms with Gasteiger partial charge in [0.2, 0.25) is 18.2 Å². The van der Waals surface area contributed by atoms with E-state index in [2.05, 4.69) is 61.8 Å². The molecule has 0 aliphatic carbocycles. The molecule has 1 heterocycles. The molecule has 1 aliphatic rings. The fourth-order valence-electron chi connectivity index (χ4n) is 5.08. The monoisotopic (exact) mass is 737 g/mol. The van der Waals surface area contributed by atoms with E-state index in [9.17, 15) is 24.0 Å². The van der Waals surface area contributed by atoms with Crippen molar-refractivity contribution in [1.82, 2.24) is 20.4 Å². The molecule has 1 fully saturated rings. The van der Waals surface area contributed by atoms with Crippen LogP contribution in [0.4, 0.5) is 0 Å². The summed E-state index contributed by atoms with van der Waals surface area (Å²) in [7, 11) is 2.84. The molecule has 0 bridgehead atoms. The van der Waals surface area contributed by atoms with Gasteiger partial charge in [0.1, 0.15) is 6.54 Å². The Morgan fingerprint density at radius 2 is 1.34 bits per heavy atom. The second-order valence-electron chi connectivity index (χ2n) is 14.7. The Morgan fingerprint density at radius 1 is 0.811 bits per heavy atom. The zero-order valence-corrected chi connectivity index (χ0v) is 34.5. The smallest absolute Gasteiger partial charge is 0.325 e. The van der Waals surface area contributed by atoms with Crippen LogP contribution in [-0.4, -0.2) is 92.2 Å². The fraction of sp³-hybridized carbons (Fsp3) is 0.558. The number of ketones is 1. The SMILES string of the molecule is CC(C)C.CC(C)C(C)N1CCCCC1.COC(=O)CNC(=O)/C(C)=C/[C@H](C(C)C)N(C)C(=O)CNC=O.Cc1ccc(C(=O)c2ccccc2)cc1. The summed E-state index contributed by atoms with van der Waals surface area (Å²) in [6.45, 7) is 23.3. The standard InChI is InChI=1S/C15H25N3O5.C14H12O.C10H21N.C4H10/c1-10(2)12(18(4)13(20)7-16-9-19)6-11(3)15(22)17-8-14(21)23-5;1-11-7-9-13(10-8-11)14(15)12-5-3-2-4-6-12;1-9(2)10(3)11-7-5-4-6-8-11;1-4(2)3/h6,9-10,12H,7-8H2,1-5H3,(H,16,19)(H,17,22);2-10H,1H3;9-10H,4-8H2,1-3H3;4H,1-3H3/b11-6+;;;/t12-;;;/m1.../s1. The van der Waals surface area contributed by atoms with Crippen LogP contribution in [0.1, 0.15) is 103 Å². The molecule has 53 heavy (non-hydrogen) atoms. The molecule has 0 aromatic heterocycles. The molecule has 1 aliphatic heterocycles. The van der Waals surface area contributed by atoms with Crippen LogP contribution in [0.15, 0.2) is 66.2 Å². The summed E-state index contributed by atoms with van der Waals surface area (Å²) in [6, 6.07) is 17.4. The van der Waals surface area contributed by atoms with E-state index in [0.29, 0.717) is 12.0 Å². The third-order valence-corrected chi connectivity index (χ3v) is 8.54. The Bertz CT molecular complexity index is 1380. The number of aryl methyl sites for hydroxylation is 1. The molecule has 2 atom stereocenters. The predicted octanol–water partition coefficient (Wildman–Crippen LogP) is 6.86. The van der Waals surface area contributed by atoms with Crippen molar-refractivity contribution >= 4 is 30.0 Å². The van der Waals surface area contributed by atoms with Crippen LogP contribution in [0.2, 0.25) is 0 Å². The van der Waals surface area contributed by atoms with Crippen LogP contribution in [0.25, 0.3) is 0 Å². The lowest BCUT2D eigenvalue weighted by molar-refractivity contribution is -0.140. The Morgan fingerprint density at radius 3 is 1.81 bits per heavy atom. The molecule has 0 radical (unpaired) electrons. The average molecular weight is 737 g/mol. The molecular formula is C43H68N4O6. The molecule has 1 unspecified atom stereocenters. The summed E-state index contributed by atoms with van der Waals surface area (Å²) in [5.74, 6) is 0.564. The summed E-state index contributed by atoms with van der Waals surface area (Å²) >= 11 is 0. The highest BCUT2D eigenvalue weighted by atomic mass is 16.5. The molecule has 2 N–H and O–H groups in total. The Balaban J connectivity index is 0.000000768. The van der Waals surface area contributed by atoms with Crippen molar-refractivity contribution in [3.63, 3.8) is 0 Å². The van der Waals surface area contributed by atoms with Gasteiger partial charge in [-0.15, -0.1) is 0 Å². The van der Waals surface area contributed by atoms with Crippen LogP contribution in [0.3, 0.4) is 0 Å². The Labute approximate surface area is 320 Å². The molecular weight excluding hydrogens is 668 g/mol. The minimum Gasteiger partial charge on any atom is -0.468 e. The fourth-order valence-corrected chi connectivity index (χ4v) is 5.08. The molecule has 296 valence electrons. The van der Waals surface area contributed by atoms with E-state index in [1.165, 1.54) is 49.9 Å². The maximum atomic E-state index is 12.0. The maximum Gasteiger partial charge on any atom is 0.325 e. The van der Waals surface area contributed by atoms with Crippen molar-refractivity contribution in [2.24, 2.45) is 17.8 Å². The summed E-state index contributed by atoms with van der Waals surface area (Å²) < 4.78 is 4.45. The van der Waals surface area contributed by atoms with Crippen molar-refractivity contribution in [2.75, 3.05) is 40.3 Å². The molecule has 3 amide bonds.